The molecule has 1 saturated heterocycles. The van der Waals surface area contributed by atoms with Crippen LogP contribution in [0, 0.1) is 0 Å². The molecule has 1 N–H and O–H groups in total. The van der Waals surface area contributed by atoms with Gasteiger partial charge in [-0.25, -0.2) is 4.79 Å². The van der Waals surface area contributed by atoms with Gasteiger partial charge < -0.3 is 15.1 Å². The second kappa shape index (κ2) is 4.94. The third-order valence-electron chi connectivity index (χ3n) is 2.96. The van der Waals surface area contributed by atoms with E-state index in [2.05, 4.69) is 10.2 Å². The molecule has 0 bridgehead atoms. The topological polar surface area (TPSA) is 35.6 Å². The number of likely N-dealkylation sites (tertiary alicyclic amines) is 1. The number of benzene rings is 1. The number of halogens is 1. The van der Waals surface area contributed by atoms with Crippen molar-refractivity contribution in [2.75, 3.05) is 32.5 Å². The monoisotopic (exact) mass is 253 g/mol. The minimum Gasteiger partial charge on any atom is -0.321 e. The average Bonchev–Trinajstić information content (AvgIpc) is 2.13. The van der Waals surface area contributed by atoms with E-state index in [0.717, 1.165) is 18.8 Å². The van der Waals surface area contributed by atoms with E-state index >= 15 is 0 Å². The Morgan fingerprint density at radius 3 is 2.76 bits per heavy atom. The second-order valence-electron chi connectivity index (χ2n) is 4.46. The fraction of sp³-hybridized carbons (Fsp3) is 0.417. The first-order chi connectivity index (χ1) is 8.06. The largest absolute Gasteiger partial charge is 0.321 e. The Labute approximate surface area is 106 Å². The molecule has 0 atom stereocenters. The van der Waals surface area contributed by atoms with E-state index in [-0.39, 0.29) is 6.03 Å². The van der Waals surface area contributed by atoms with Crippen molar-refractivity contribution in [3.05, 3.63) is 29.3 Å². The van der Waals surface area contributed by atoms with Crippen LogP contribution in [0.15, 0.2) is 24.3 Å². The van der Waals surface area contributed by atoms with Gasteiger partial charge in [0.15, 0.2) is 0 Å². The van der Waals surface area contributed by atoms with E-state index in [1.165, 1.54) is 0 Å². The number of nitrogens with zero attached hydrogens (tertiary/aromatic N) is 2. The summed E-state index contributed by atoms with van der Waals surface area (Å²) in [6.45, 7) is 1.55. The zero-order valence-corrected chi connectivity index (χ0v) is 10.7. The van der Waals surface area contributed by atoms with Gasteiger partial charge >= 0.3 is 6.03 Å². The normalized spacial score (nSPS) is 15.9. The van der Waals surface area contributed by atoms with Crippen molar-refractivity contribution in [1.82, 2.24) is 9.80 Å². The van der Waals surface area contributed by atoms with Gasteiger partial charge in [0.1, 0.15) is 0 Å². The lowest BCUT2D eigenvalue weighted by molar-refractivity contribution is 0.0942. The molecule has 1 aliphatic heterocycles. The van der Waals surface area contributed by atoms with Crippen LogP contribution in [0.2, 0.25) is 5.02 Å². The van der Waals surface area contributed by atoms with Crippen molar-refractivity contribution in [3.8, 4) is 0 Å². The van der Waals surface area contributed by atoms with E-state index < -0.39 is 0 Å². The number of urea groups is 1. The quantitative estimate of drug-likeness (QED) is 0.876. The zero-order chi connectivity index (χ0) is 12.4. The van der Waals surface area contributed by atoms with Gasteiger partial charge in [-0.1, -0.05) is 17.7 Å². The van der Waals surface area contributed by atoms with Crippen LogP contribution in [-0.2, 0) is 0 Å². The summed E-state index contributed by atoms with van der Waals surface area (Å²) in [5, 5.41) is 3.45. The first-order valence-electron chi connectivity index (χ1n) is 5.54. The smallest absolute Gasteiger partial charge is 0.321 e. The first kappa shape index (κ1) is 12.2. The van der Waals surface area contributed by atoms with Gasteiger partial charge in [0.05, 0.1) is 0 Å². The van der Waals surface area contributed by atoms with Crippen molar-refractivity contribution < 1.29 is 4.79 Å². The Balaban J connectivity index is 1.87. The van der Waals surface area contributed by atoms with Gasteiger partial charge in [0.2, 0.25) is 0 Å². The third-order valence-corrected chi connectivity index (χ3v) is 3.19. The summed E-state index contributed by atoms with van der Waals surface area (Å²) < 4.78 is 0. The standard InChI is InChI=1S/C12H16ClN3O/c1-15(2)11-7-16(8-11)12(17)14-10-5-3-4-9(13)6-10/h3-6,11H,7-8H2,1-2H3,(H,14,17). The number of carbonyl (C=O) groups is 1. The molecule has 92 valence electrons. The van der Waals surface area contributed by atoms with Crippen LogP contribution in [-0.4, -0.2) is 49.1 Å². The Morgan fingerprint density at radius 2 is 2.18 bits per heavy atom. The lowest BCUT2D eigenvalue weighted by Crippen LogP contribution is -2.60. The Bertz CT molecular complexity index is 416. The van der Waals surface area contributed by atoms with Gasteiger partial charge in [0.25, 0.3) is 0 Å². The fourth-order valence-corrected chi connectivity index (χ4v) is 1.91. The number of anilines is 1. The van der Waals surface area contributed by atoms with E-state index in [0.29, 0.717) is 11.1 Å². The number of hydrogen-bond acceptors (Lipinski definition) is 2. The minimum atomic E-state index is -0.0645. The molecule has 2 amide bonds. The maximum absolute atomic E-state index is 11.8. The maximum atomic E-state index is 11.8. The molecule has 17 heavy (non-hydrogen) atoms. The highest BCUT2D eigenvalue weighted by molar-refractivity contribution is 6.30. The second-order valence-corrected chi connectivity index (χ2v) is 4.90. The molecule has 1 fully saturated rings. The molecule has 0 unspecified atom stereocenters. The van der Waals surface area contributed by atoms with Crippen LogP contribution < -0.4 is 5.32 Å². The molecule has 4 nitrogen and oxygen atoms in total. The Kier molecular flexibility index (Phi) is 3.54. The number of carbonyl (C=O) groups excluding carboxylic acids is 1. The molecule has 1 aliphatic rings. The van der Waals surface area contributed by atoms with Gasteiger partial charge in [0, 0.05) is 29.8 Å². The number of amides is 2. The van der Waals surface area contributed by atoms with Crippen molar-refractivity contribution in [1.29, 1.82) is 0 Å². The van der Waals surface area contributed by atoms with Crippen LogP contribution in [0.4, 0.5) is 10.5 Å². The first-order valence-corrected chi connectivity index (χ1v) is 5.92. The van der Waals surface area contributed by atoms with Crippen LogP contribution in [0.1, 0.15) is 0 Å². The highest BCUT2D eigenvalue weighted by atomic mass is 35.5. The average molecular weight is 254 g/mol. The lowest BCUT2D eigenvalue weighted by Gasteiger charge is -2.42. The molecule has 0 aliphatic carbocycles. The summed E-state index contributed by atoms with van der Waals surface area (Å²) >= 11 is 5.85. The predicted molar refractivity (Wildman–Crippen MR) is 69.5 cm³/mol. The fourth-order valence-electron chi connectivity index (χ4n) is 1.72. The molecular formula is C12H16ClN3O. The van der Waals surface area contributed by atoms with Crippen LogP contribution >= 0.6 is 11.6 Å². The van der Waals surface area contributed by atoms with Crippen LogP contribution in [0.5, 0.6) is 0 Å². The summed E-state index contributed by atoms with van der Waals surface area (Å²) in [6, 6.07) is 7.57. The Morgan fingerprint density at radius 1 is 1.47 bits per heavy atom. The van der Waals surface area contributed by atoms with E-state index in [9.17, 15) is 4.79 Å². The molecule has 0 radical (unpaired) electrons. The lowest BCUT2D eigenvalue weighted by atomic mass is 10.1. The molecule has 0 saturated carbocycles. The number of rotatable bonds is 2. The van der Waals surface area contributed by atoms with Gasteiger partial charge in [-0.3, -0.25) is 0 Å². The van der Waals surface area contributed by atoms with Crippen LogP contribution in [0.25, 0.3) is 0 Å². The number of nitrogens with one attached hydrogen (secondary N) is 1. The molecule has 2 rings (SSSR count). The summed E-state index contributed by atoms with van der Waals surface area (Å²) in [7, 11) is 4.05. The van der Waals surface area contributed by atoms with E-state index in [4.69, 9.17) is 11.6 Å². The highest BCUT2D eigenvalue weighted by Crippen LogP contribution is 2.17. The molecule has 0 spiro atoms. The third kappa shape index (κ3) is 2.90. The molecule has 5 heteroatoms. The zero-order valence-electron chi connectivity index (χ0n) is 9.98. The number of hydrogen-bond donors (Lipinski definition) is 1. The summed E-state index contributed by atoms with van der Waals surface area (Å²) in [4.78, 5) is 15.7. The van der Waals surface area contributed by atoms with Crippen molar-refractivity contribution in [3.63, 3.8) is 0 Å². The predicted octanol–water partition coefficient (Wildman–Crippen LogP) is 2.12. The number of likely N-dealkylation sites (N-methyl/N-ethyl adjacent to an activating group) is 1. The highest BCUT2D eigenvalue weighted by Gasteiger charge is 2.31. The molecule has 0 aromatic heterocycles. The maximum Gasteiger partial charge on any atom is 0.321 e. The summed E-state index contributed by atoms with van der Waals surface area (Å²) in [5.74, 6) is 0. The van der Waals surface area contributed by atoms with Gasteiger partial charge in [-0.2, -0.15) is 0 Å². The van der Waals surface area contributed by atoms with Gasteiger partial charge in [-0.05, 0) is 32.3 Å². The minimum absolute atomic E-state index is 0.0645. The van der Waals surface area contributed by atoms with E-state index in [1.807, 2.05) is 26.2 Å². The summed E-state index contributed by atoms with van der Waals surface area (Å²) in [6.07, 6.45) is 0. The SMILES string of the molecule is CN(C)C1CN(C(=O)Nc2cccc(Cl)c2)C1. The van der Waals surface area contributed by atoms with Crippen molar-refractivity contribution in [2.45, 2.75) is 6.04 Å². The molecule has 1 heterocycles. The van der Waals surface area contributed by atoms with E-state index in [1.54, 1.807) is 17.0 Å². The molecular weight excluding hydrogens is 238 g/mol. The Hall–Kier alpha value is -1.26. The summed E-state index contributed by atoms with van der Waals surface area (Å²) in [5.41, 5.74) is 0.732. The van der Waals surface area contributed by atoms with Crippen molar-refractivity contribution in [2.24, 2.45) is 0 Å². The van der Waals surface area contributed by atoms with Crippen LogP contribution in [0.3, 0.4) is 0 Å². The van der Waals surface area contributed by atoms with Gasteiger partial charge in [-0.15, -0.1) is 0 Å². The molecule has 1 aromatic carbocycles. The molecule has 1 aromatic rings. The van der Waals surface area contributed by atoms with Crippen molar-refractivity contribution >= 4 is 23.3 Å².